The number of carboxylic acid groups (broad SMARTS) is 2. The van der Waals surface area contributed by atoms with E-state index in [1.54, 1.807) is 14.1 Å². The van der Waals surface area contributed by atoms with Crippen LogP contribution in [0.2, 0.25) is 0 Å². The van der Waals surface area contributed by atoms with Crippen LogP contribution < -0.4 is 0 Å². The standard InChI is InChI=1S/C12H17F2NO4/c1-11(9(16)17)4-7(15(2)3)5-12(6-11,8(13)14)10(18)19/h4,8H,5-6H2,1-3H3,(H,16,17)(H,18,19). The van der Waals surface area contributed by atoms with Crippen LogP contribution in [0.15, 0.2) is 11.8 Å². The minimum atomic E-state index is -3.13. The summed E-state index contributed by atoms with van der Waals surface area (Å²) in [6.45, 7) is 1.26. The van der Waals surface area contributed by atoms with Crippen molar-refractivity contribution in [2.75, 3.05) is 14.1 Å². The number of halogens is 2. The Labute approximate surface area is 109 Å². The van der Waals surface area contributed by atoms with E-state index in [9.17, 15) is 23.5 Å². The Bertz CT molecular complexity index is 435. The number of carboxylic acids is 2. The number of alkyl halides is 2. The molecule has 0 aromatic rings. The van der Waals surface area contributed by atoms with Crippen LogP contribution in [0.5, 0.6) is 0 Å². The first kappa shape index (κ1) is 15.4. The maximum atomic E-state index is 13.3. The zero-order valence-corrected chi connectivity index (χ0v) is 11.0. The minimum absolute atomic E-state index is 0.291. The van der Waals surface area contributed by atoms with E-state index in [0.717, 1.165) is 0 Å². The van der Waals surface area contributed by atoms with Crippen LogP contribution in [-0.2, 0) is 9.59 Å². The fourth-order valence-corrected chi connectivity index (χ4v) is 2.33. The molecule has 5 nitrogen and oxygen atoms in total. The molecule has 0 bridgehead atoms. The van der Waals surface area contributed by atoms with Crippen molar-refractivity contribution in [1.29, 1.82) is 0 Å². The molecular formula is C12H17F2NO4. The summed E-state index contributed by atoms with van der Waals surface area (Å²) in [6.07, 6.45) is -2.78. The van der Waals surface area contributed by atoms with E-state index in [-0.39, 0.29) is 6.42 Å². The summed E-state index contributed by atoms with van der Waals surface area (Å²) in [5.74, 6) is -2.97. The van der Waals surface area contributed by atoms with Crippen LogP contribution >= 0.6 is 0 Å². The van der Waals surface area contributed by atoms with Gasteiger partial charge in [-0.1, -0.05) is 0 Å². The van der Waals surface area contributed by atoms with E-state index >= 15 is 0 Å². The molecule has 1 aliphatic rings. The lowest BCUT2D eigenvalue weighted by atomic mass is 9.65. The molecule has 2 atom stereocenters. The van der Waals surface area contributed by atoms with Gasteiger partial charge in [0.05, 0.1) is 5.41 Å². The highest BCUT2D eigenvalue weighted by Gasteiger charge is 2.56. The normalized spacial score (nSPS) is 30.9. The Morgan fingerprint density at radius 1 is 1.32 bits per heavy atom. The van der Waals surface area contributed by atoms with Crippen LogP contribution in [0, 0.1) is 10.8 Å². The van der Waals surface area contributed by atoms with Crippen molar-refractivity contribution in [2.45, 2.75) is 26.2 Å². The molecule has 7 heteroatoms. The third-order valence-electron chi connectivity index (χ3n) is 3.57. The fraction of sp³-hybridized carbons (Fsp3) is 0.667. The van der Waals surface area contributed by atoms with Gasteiger partial charge in [0.15, 0.2) is 0 Å². The third kappa shape index (κ3) is 2.54. The zero-order valence-electron chi connectivity index (χ0n) is 11.0. The maximum Gasteiger partial charge on any atom is 0.315 e. The summed E-state index contributed by atoms with van der Waals surface area (Å²) in [4.78, 5) is 24.0. The number of carbonyl (C=O) groups is 2. The monoisotopic (exact) mass is 277 g/mol. The van der Waals surface area contributed by atoms with Gasteiger partial charge in [-0.15, -0.1) is 0 Å². The van der Waals surface area contributed by atoms with Crippen molar-refractivity contribution < 1.29 is 28.6 Å². The Balaban J connectivity index is 3.39. The van der Waals surface area contributed by atoms with Gasteiger partial charge in [-0.05, 0) is 19.4 Å². The average molecular weight is 277 g/mol. The molecule has 0 saturated carbocycles. The molecule has 0 heterocycles. The molecule has 0 fully saturated rings. The van der Waals surface area contributed by atoms with Gasteiger partial charge in [-0.2, -0.15) is 0 Å². The van der Waals surface area contributed by atoms with E-state index in [1.807, 2.05) is 0 Å². The zero-order chi connectivity index (χ0) is 15.0. The molecule has 108 valence electrons. The average Bonchev–Trinajstić information content (AvgIpc) is 2.27. The van der Waals surface area contributed by atoms with Gasteiger partial charge < -0.3 is 15.1 Å². The summed E-state index contributed by atoms with van der Waals surface area (Å²) in [6, 6.07) is 0. The van der Waals surface area contributed by atoms with Crippen molar-refractivity contribution in [1.82, 2.24) is 4.90 Å². The van der Waals surface area contributed by atoms with Crippen LogP contribution in [0.3, 0.4) is 0 Å². The number of nitrogens with zero attached hydrogens (tertiary/aromatic N) is 1. The fourth-order valence-electron chi connectivity index (χ4n) is 2.33. The lowest BCUT2D eigenvalue weighted by molar-refractivity contribution is -0.167. The molecule has 0 aromatic carbocycles. The predicted molar refractivity (Wildman–Crippen MR) is 62.8 cm³/mol. The molecule has 2 N–H and O–H groups in total. The van der Waals surface area contributed by atoms with Crippen LogP contribution in [-0.4, -0.2) is 47.6 Å². The van der Waals surface area contributed by atoms with E-state index in [0.29, 0.717) is 5.70 Å². The van der Waals surface area contributed by atoms with E-state index in [2.05, 4.69) is 0 Å². The Morgan fingerprint density at radius 3 is 2.16 bits per heavy atom. The third-order valence-corrected chi connectivity index (χ3v) is 3.57. The second-order valence-corrected chi connectivity index (χ2v) is 5.37. The second kappa shape index (κ2) is 4.79. The smallest absolute Gasteiger partial charge is 0.315 e. The first-order valence-corrected chi connectivity index (χ1v) is 5.69. The van der Waals surface area contributed by atoms with Gasteiger partial charge in [0.25, 0.3) is 6.43 Å². The minimum Gasteiger partial charge on any atom is -0.481 e. The summed E-state index contributed by atoms with van der Waals surface area (Å²) < 4.78 is 26.5. The first-order valence-electron chi connectivity index (χ1n) is 5.69. The molecule has 19 heavy (non-hydrogen) atoms. The van der Waals surface area contributed by atoms with Gasteiger partial charge in [0, 0.05) is 26.2 Å². The predicted octanol–water partition coefficient (Wildman–Crippen LogP) is 1.65. The van der Waals surface area contributed by atoms with Crippen LogP contribution in [0.25, 0.3) is 0 Å². The van der Waals surface area contributed by atoms with Gasteiger partial charge in [-0.3, -0.25) is 9.59 Å². The molecule has 0 radical (unpaired) electrons. The summed E-state index contributed by atoms with van der Waals surface area (Å²) in [5, 5.41) is 18.3. The number of rotatable bonds is 4. The Morgan fingerprint density at radius 2 is 1.84 bits per heavy atom. The first-order chi connectivity index (χ1) is 8.55. The Hall–Kier alpha value is -1.66. The highest BCUT2D eigenvalue weighted by Crippen LogP contribution is 2.49. The number of hydrogen-bond acceptors (Lipinski definition) is 3. The molecule has 1 rings (SSSR count). The largest absolute Gasteiger partial charge is 0.481 e. The lowest BCUT2D eigenvalue weighted by Gasteiger charge is -2.41. The highest BCUT2D eigenvalue weighted by atomic mass is 19.3. The van der Waals surface area contributed by atoms with Crippen LogP contribution in [0.1, 0.15) is 19.8 Å². The molecule has 0 spiro atoms. The van der Waals surface area contributed by atoms with Crippen molar-refractivity contribution >= 4 is 11.9 Å². The quantitative estimate of drug-likeness (QED) is 0.817. The van der Waals surface area contributed by atoms with Gasteiger partial charge in [-0.25, -0.2) is 8.78 Å². The SMILES string of the molecule is CN(C)C1=CC(C)(C(=O)O)CC(C(=O)O)(C(F)F)C1. The summed E-state index contributed by atoms with van der Waals surface area (Å²) in [5.41, 5.74) is -3.69. The topological polar surface area (TPSA) is 77.8 Å². The maximum absolute atomic E-state index is 13.3. The number of hydrogen-bond donors (Lipinski definition) is 2. The summed E-state index contributed by atoms with van der Waals surface area (Å²) >= 11 is 0. The molecule has 0 aliphatic heterocycles. The number of aliphatic carboxylic acids is 2. The second-order valence-electron chi connectivity index (χ2n) is 5.37. The van der Waals surface area contributed by atoms with E-state index in [1.165, 1.54) is 17.9 Å². The van der Waals surface area contributed by atoms with Crippen molar-refractivity contribution in [3.05, 3.63) is 11.8 Å². The van der Waals surface area contributed by atoms with E-state index in [4.69, 9.17) is 5.11 Å². The molecular weight excluding hydrogens is 260 g/mol. The highest BCUT2D eigenvalue weighted by molar-refractivity contribution is 5.82. The van der Waals surface area contributed by atoms with Crippen molar-refractivity contribution in [2.24, 2.45) is 10.8 Å². The van der Waals surface area contributed by atoms with Gasteiger partial charge in [0.2, 0.25) is 0 Å². The summed E-state index contributed by atoms with van der Waals surface area (Å²) in [7, 11) is 3.13. The molecule has 1 aliphatic carbocycles. The molecule has 0 aromatic heterocycles. The molecule has 2 unspecified atom stereocenters. The van der Waals surface area contributed by atoms with Gasteiger partial charge >= 0.3 is 11.9 Å². The molecule has 0 saturated heterocycles. The van der Waals surface area contributed by atoms with Crippen LogP contribution in [0.4, 0.5) is 8.78 Å². The lowest BCUT2D eigenvalue weighted by Crippen LogP contribution is -2.48. The number of allylic oxidation sites excluding steroid dienone is 1. The van der Waals surface area contributed by atoms with Crippen molar-refractivity contribution in [3.63, 3.8) is 0 Å². The van der Waals surface area contributed by atoms with Gasteiger partial charge in [0.1, 0.15) is 5.41 Å². The Kier molecular flexibility index (Phi) is 3.88. The molecule has 0 amide bonds. The van der Waals surface area contributed by atoms with Crippen molar-refractivity contribution in [3.8, 4) is 0 Å². The van der Waals surface area contributed by atoms with E-state index < -0.39 is 35.6 Å².